The molecule has 14 aromatic rings. The van der Waals surface area contributed by atoms with Gasteiger partial charge in [-0.2, -0.15) is 0 Å². The second-order valence-electron chi connectivity index (χ2n) is 16.8. The van der Waals surface area contributed by atoms with Crippen molar-refractivity contribution in [3.8, 4) is 11.4 Å². The van der Waals surface area contributed by atoms with E-state index >= 15 is 0 Å². The Labute approximate surface area is 372 Å². The van der Waals surface area contributed by atoms with E-state index in [-0.39, 0.29) is 0 Å². The van der Waals surface area contributed by atoms with Crippen LogP contribution in [0, 0.1) is 0 Å². The minimum Gasteiger partial charge on any atom is -0.454 e. The Morgan fingerprint density at radius 2 is 0.800 bits per heavy atom. The van der Waals surface area contributed by atoms with Gasteiger partial charge in [0.15, 0.2) is 19.2 Å². The van der Waals surface area contributed by atoms with Crippen LogP contribution >= 0.6 is 0 Å². The molecule has 0 aliphatic rings. The molecule has 0 radical (unpaired) electrons. The molecule has 0 spiro atoms. The Morgan fingerprint density at radius 1 is 0.338 bits per heavy atom. The van der Waals surface area contributed by atoms with Crippen molar-refractivity contribution in [3.63, 3.8) is 0 Å². The first kappa shape index (κ1) is 36.0. The van der Waals surface area contributed by atoms with Crippen molar-refractivity contribution in [1.82, 2.24) is 19.1 Å². The maximum Gasteiger partial charge on any atom is 0.188 e. The van der Waals surface area contributed by atoms with Crippen molar-refractivity contribution in [3.05, 3.63) is 219 Å². The van der Waals surface area contributed by atoms with Gasteiger partial charge in [-0.1, -0.05) is 158 Å². The SMILES string of the molecule is c1ccc([Si](c2ccccc2)(c2cccc3c2oc2c(-n4c5ccccc5c5ccncc54)cccc23)c2cccc3c2oc2c(-n4c5ccccc5c5cccnc54)cccc23)cc1. The van der Waals surface area contributed by atoms with Gasteiger partial charge in [0.25, 0.3) is 0 Å². The number of pyridine rings is 2. The van der Waals surface area contributed by atoms with Gasteiger partial charge < -0.3 is 13.4 Å². The molecule has 0 saturated heterocycles. The minimum atomic E-state index is -3.32. The van der Waals surface area contributed by atoms with Gasteiger partial charge in [0, 0.05) is 55.5 Å². The number of furan rings is 2. The van der Waals surface area contributed by atoms with Crippen molar-refractivity contribution < 1.29 is 8.83 Å². The van der Waals surface area contributed by atoms with Crippen molar-refractivity contribution in [2.75, 3.05) is 0 Å². The van der Waals surface area contributed by atoms with Crippen LogP contribution in [0.5, 0.6) is 0 Å². The summed E-state index contributed by atoms with van der Waals surface area (Å²) < 4.78 is 19.5. The minimum absolute atomic E-state index is 0.819. The first-order valence-electron chi connectivity index (χ1n) is 22.0. The van der Waals surface area contributed by atoms with E-state index in [1.54, 1.807) is 0 Å². The van der Waals surface area contributed by atoms with Gasteiger partial charge in [0.2, 0.25) is 0 Å². The Balaban J connectivity index is 1.10. The molecule has 0 unspecified atom stereocenters. The summed E-state index contributed by atoms with van der Waals surface area (Å²) in [5, 5.41) is 13.6. The number of rotatable bonds is 6. The van der Waals surface area contributed by atoms with Gasteiger partial charge in [-0.15, -0.1) is 0 Å². The molecule has 14 rings (SSSR count). The first-order chi connectivity index (χ1) is 32.3. The van der Waals surface area contributed by atoms with E-state index < -0.39 is 8.07 Å². The molecular formula is C58H36N4O2Si. The monoisotopic (exact) mass is 848 g/mol. The van der Waals surface area contributed by atoms with Gasteiger partial charge in [0.1, 0.15) is 16.8 Å². The molecule has 0 atom stereocenters. The quantitative estimate of drug-likeness (QED) is 0.124. The molecule has 304 valence electrons. The molecule has 6 heterocycles. The molecule has 0 N–H and O–H groups in total. The molecular weight excluding hydrogens is 813 g/mol. The Hall–Kier alpha value is -8.52. The second kappa shape index (κ2) is 13.7. The molecule has 6 nitrogen and oxygen atoms in total. The van der Waals surface area contributed by atoms with Gasteiger partial charge in [-0.3, -0.25) is 9.55 Å². The van der Waals surface area contributed by atoms with E-state index in [0.717, 1.165) is 104 Å². The third-order valence-corrected chi connectivity index (χ3v) is 18.4. The van der Waals surface area contributed by atoms with E-state index in [0.29, 0.717) is 0 Å². The first-order valence-corrected chi connectivity index (χ1v) is 24.0. The van der Waals surface area contributed by atoms with Crippen molar-refractivity contribution in [2.45, 2.75) is 0 Å². The van der Waals surface area contributed by atoms with Crippen LogP contribution in [0.2, 0.25) is 0 Å². The van der Waals surface area contributed by atoms with Crippen LogP contribution in [-0.4, -0.2) is 27.2 Å². The topological polar surface area (TPSA) is 61.9 Å². The average molecular weight is 849 g/mol. The summed E-state index contributed by atoms with van der Waals surface area (Å²) in [7, 11) is -3.32. The van der Waals surface area contributed by atoms with Crippen molar-refractivity contribution in [1.29, 1.82) is 0 Å². The lowest BCUT2D eigenvalue weighted by molar-refractivity contribution is 0.668. The molecule has 0 fully saturated rings. The number of hydrogen-bond acceptors (Lipinski definition) is 4. The largest absolute Gasteiger partial charge is 0.454 e. The van der Waals surface area contributed by atoms with Crippen LogP contribution < -0.4 is 20.7 Å². The maximum atomic E-state index is 7.48. The Kier molecular flexibility index (Phi) is 7.61. The van der Waals surface area contributed by atoms with Gasteiger partial charge >= 0.3 is 0 Å². The highest BCUT2D eigenvalue weighted by Gasteiger charge is 2.46. The third kappa shape index (κ3) is 4.93. The smallest absolute Gasteiger partial charge is 0.188 e. The standard InChI is InChI=1S/C58H36N4O2Si/c1-3-16-37(17-4-1)65(38-18-5-2-6-19-38,52-31-13-24-44-42-22-11-29-49(54(42)63-56(44)52)61-47-27-9-7-20-39(47)41-33-35-59-36-51(41)61)53-32-14-25-45-43-23-12-30-50(55(43)64-57(45)53)62-48-28-10-8-21-40(48)46-26-15-34-60-58(46)62/h1-36H. The number of para-hydroxylation sites is 6. The molecule has 0 bridgehead atoms. The molecule has 0 amide bonds. The fourth-order valence-corrected chi connectivity index (χ4v) is 16.0. The third-order valence-electron chi connectivity index (χ3n) is 13.6. The van der Waals surface area contributed by atoms with Crippen LogP contribution in [0.3, 0.4) is 0 Å². The Bertz CT molecular complexity index is 3820. The number of hydrogen-bond donors (Lipinski definition) is 0. The van der Waals surface area contributed by atoms with Crippen LogP contribution in [0.4, 0.5) is 0 Å². The van der Waals surface area contributed by atoms with E-state index in [2.05, 4.69) is 208 Å². The highest BCUT2D eigenvalue weighted by atomic mass is 28.3. The highest BCUT2D eigenvalue weighted by molar-refractivity contribution is 7.21. The number of fused-ring (bicyclic) bond motifs is 12. The normalized spacial score (nSPS) is 12.3. The van der Waals surface area contributed by atoms with E-state index in [1.807, 2.05) is 24.7 Å². The fraction of sp³-hybridized carbons (Fsp3) is 0. The molecule has 8 aromatic carbocycles. The predicted molar refractivity (Wildman–Crippen MR) is 269 cm³/mol. The van der Waals surface area contributed by atoms with Crippen LogP contribution in [0.25, 0.3) is 99.0 Å². The van der Waals surface area contributed by atoms with Crippen LogP contribution in [-0.2, 0) is 0 Å². The number of benzene rings is 8. The summed E-state index contributed by atoms with van der Waals surface area (Å²) in [5.41, 5.74) is 9.44. The molecule has 6 aromatic heterocycles. The molecule has 0 aliphatic carbocycles. The van der Waals surface area contributed by atoms with Crippen LogP contribution in [0.15, 0.2) is 228 Å². The number of nitrogens with zero attached hydrogens (tertiary/aromatic N) is 4. The van der Waals surface area contributed by atoms with E-state index in [4.69, 9.17) is 13.8 Å². The molecule has 65 heavy (non-hydrogen) atoms. The summed E-state index contributed by atoms with van der Waals surface area (Å²) in [4.78, 5) is 9.54. The lowest BCUT2D eigenvalue weighted by atomic mass is 10.1. The van der Waals surface area contributed by atoms with E-state index in [1.165, 1.54) is 15.8 Å². The van der Waals surface area contributed by atoms with E-state index in [9.17, 15) is 0 Å². The van der Waals surface area contributed by atoms with Crippen LogP contribution in [0.1, 0.15) is 0 Å². The predicted octanol–water partition coefficient (Wildman–Crippen LogP) is 11.8. The van der Waals surface area contributed by atoms with Crippen molar-refractivity contribution >= 4 is 116 Å². The average Bonchev–Trinajstić information content (AvgIpc) is 4.14. The summed E-state index contributed by atoms with van der Waals surface area (Å²) >= 11 is 0. The highest BCUT2D eigenvalue weighted by Crippen LogP contribution is 2.40. The van der Waals surface area contributed by atoms with Gasteiger partial charge in [0.05, 0.1) is 34.1 Å². The summed E-state index contributed by atoms with van der Waals surface area (Å²) in [6.07, 6.45) is 5.70. The zero-order valence-electron chi connectivity index (χ0n) is 34.9. The summed E-state index contributed by atoms with van der Waals surface area (Å²) in [5.74, 6) is 0. The lowest BCUT2D eigenvalue weighted by Crippen LogP contribution is -2.75. The lowest BCUT2D eigenvalue weighted by Gasteiger charge is -2.34. The zero-order chi connectivity index (χ0) is 42.6. The summed E-state index contributed by atoms with van der Waals surface area (Å²) in [6.45, 7) is 0. The zero-order valence-corrected chi connectivity index (χ0v) is 35.9. The summed E-state index contributed by atoms with van der Waals surface area (Å²) in [6, 6.07) is 71.9. The molecule has 0 aliphatic heterocycles. The Morgan fingerprint density at radius 3 is 1.42 bits per heavy atom. The second-order valence-corrected chi connectivity index (χ2v) is 20.6. The van der Waals surface area contributed by atoms with Gasteiger partial charge in [-0.25, -0.2) is 4.98 Å². The van der Waals surface area contributed by atoms with Gasteiger partial charge in [-0.05, 0) is 63.2 Å². The maximum absolute atomic E-state index is 7.48. The molecule has 7 heteroatoms. The fourth-order valence-electron chi connectivity index (χ4n) is 11.0. The van der Waals surface area contributed by atoms with Crippen molar-refractivity contribution in [2.24, 2.45) is 0 Å². The number of aromatic nitrogens is 4. The molecule has 0 saturated carbocycles.